The number of hydrogen-bond acceptors (Lipinski definition) is 3. The lowest BCUT2D eigenvalue weighted by atomic mass is 10.3. The number of ether oxygens (including phenoxy) is 1. The minimum atomic E-state index is -0.405. The van der Waals surface area contributed by atoms with Gasteiger partial charge in [0.05, 0.1) is 7.11 Å². The number of aromatic nitrogens is 1. The second-order valence-corrected chi connectivity index (χ2v) is 3.03. The van der Waals surface area contributed by atoms with Crippen LogP contribution in [-0.4, -0.2) is 18.1 Å². The van der Waals surface area contributed by atoms with Gasteiger partial charge in [0, 0.05) is 11.8 Å². The third-order valence-electron chi connectivity index (χ3n) is 1.55. The minimum absolute atomic E-state index is 0.00719. The zero-order chi connectivity index (χ0) is 11.3. The van der Waals surface area contributed by atoms with Crippen LogP contribution in [-0.2, 0) is 9.53 Å². The summed E-state index contributed by atoms with van der Waals surface area (Å²) in [5, 5.41) is 0.0693. The standard InChI is InChI=1S/C10H8ClNO3/c1-15-9(13)4-2-3-7-5-8(11)10(14)12-6-7/h5-6H,4H2,1H3,(H,12,14). The predicted octanol–water partition coefficient (Wildman–Crippen LogP) is 0.943. The number of carbonyl (C=O) groups is 1. The molecule has 4 nitrogen and oxygen atoms in total. The molecule has 0 bridgehead atoms. The molecule has 5 heteroatoms. The molecule has 1 rings (SSSR count). The highest BCUT2D eigenvalue weighted by Crippen LogP contribution is 2.02. The van der Waals surface area contributed by atoms with Crippen LogP contribution in [0, 0.1) is 11.8 Å². The number of H-pyrrole nitrogens is 1. The Morgan fingerprint density at radius 3 is 3.00 bits per heavy atom. The molecule has 0 aromatic carbocycles. The van der Waals surface area contributed by atoms with Crippen molar-refractivity contribution < 1.29 is 9.53 Å². The molecule has 1 aromatic heterocycles. The van der Waals surface area contributed by atoms with E-state index in [2.05, 4.69) is 21.6 Å². The summed E-state index contributed by atoms with van der Waals surface area (Å²) >= 11 is 5.58. The van der Waals surface area contributed by atoms with E-state index in [4.69, 9.17) is 11.6 Å². The summed E-state index contributed by atoms with van der Waals surface area (Å²) in [5.74, 6) is 4.86. The molecule has 0 unspecified atom stereocenters. The van der Waals surface area contributed by atoms with Gasteiger partial charge in [-0.2, -0.15) is 0 Å². The van der Waals surface area contributed by atoms with Gasteiger partial charge in [-0.05, 0) is 6.07 Å². The van der Waals surface area contributed by atoms with Gasteiger partial charge in [-0.3, -0.25) is 9.59 Å². The van der Waals surface area contributed by atoms with Gasteiger partial charge in [-0.1, -0.05) is 23.4 Å². The van der Waals surface area contributed by atoms with E-state index in [-0.39, 0.29) is 17.0 Å². The second-order valence-electron chi connectivity index (χ2n) is 2.62. The molecule has 0 aliphatic rings. The summed E-state index contributed by atoms with van der Waals surface area (Å²) < 4.78 is 4.41. The van der Waals surface area contributed by atoms with E-state index in [9.17, 15) is 9.59 Å². The second kappa shape index (κ2) is 5.23. The number of rotatable bonds is 1. The smallest absolute Gasteiger partial charge is 0.317 e. The van der Waals surface area contributed by atoms with Crippen molar-refractivity contribution >= 4 is 17.6 Å². The van der Waals surface area contributed by atoms with Crippen LogP contribution in [0.15, 0.2) is 17.1 Å². The van der Waals surface area contributed by atoms with Crippen LogP contribution in [0.2, 0.25) is 5.02 Å². The fourth-order valence-electron chi connectivity index (χ4n) is 0.819. The number of esters is 1. The van der Waals surface area contributed by atoms with Crippen molar-refractivity contribution in [2.24, 2.45) is 0 Å². The van der Waals surface area contributed by atoms with Gasteiger partial charge in [0.15, 0.2) is 0 Å². The van der Waals surface area contributed by atoms with Gasteiger partial charge in [-0.25, -0.2) is 0 Å². The molecule has 0 atom stereocenters. The number of nitrogens with one attached hydrogen (secondary N) is 1. The molecule has 78 valence electrons. The Balaban J connectivity index is 2.77. The zero-order valence-electron chi connectivity index (χ0n) is 7.96. The van der Waals surface area contributed by atoms with Crippen molar-refractivity contribution in [3.05, 3.63) is 33.2 Å². The summed E-state index contributed by atoms with van der Waals surface area (Å²) in [6.07, 6.45) is 1.44. The average molecular weight is 226 g/mol. The van der Waals surface area contributed by atoms with Crippen molar-refractivity contribution in [3.63, 3.8) is 0 Å². The molecule has 0 fully saturated rings. The Hall–Kier alpha value is -1.73. The van der Waals surface area contributed by atoms with E-state index in [1.165, 1.54) is 19.4 Å². The first kappa shape index (κ1) is 11.3. The molecule has 1 aromatic rings. The Morgan fingerprint density at radius 1 is 1.67 bits per heavy atom. The zero-order valence-corrected chi connectivity index (χ0v) is 8.72. The first-order valence-corrected chi connectivity index (χ1v) is 4.45. The third kappa shape index (κ3) is 3.49. The monoisotopic (exact) mass is 225 g/mol. The highest BCUT2D eigenvalue weighted by atomic mass is 35.5. The summed E-state index contributed by atoms with van der Waals surface area (Å²) in [6, 6.07) is 1.44. The van der Waals surface area contributed by atoms with Crippen molar-refractivity contribution in [2.75, 3.05) is 7.11 Å². The predicted molar refractivity (Wildman–Crippen MR) is 55.6 cm³/mol. The molecule has 0 amide bonds. The number of aromatic amines is 1. The van der Waals surface area contributed by atoms with Gasteiger partial charge in [-0.15, -0.1) is 0 Å². The Morgan fingerprint density at radius 2 is 2.40 bits per heavy atom. The topological polar surface area (TPSA) is 59.2 Å². The number of carbonyl (C=O) groups excluding carboxylic acids is 1. The lowest BCUT2D eigenvalue weighted by Crippen LogP contribution is -2.04. The van der Waals surface area contributed by atoms with E-state index in [1.807, 2.05) is 0 Å². The fraction of sp³-hybridized carbons (Fsp3) is 0.200. The van der Waals surface area contributed by atoms with Gasteiger partial charge < -0.3 is 9.72 Å². The molecule has 15 heavy (non-hydrogen) atoms. The van der Waals surface area contributed by atoms with Crippen LogP contribution >= 0.6 is 11.6 Å². The van der Waals surface area contributed by atoms with Crippen LogP contribution in [0.25, 0.3) is 0 Å². The highest BCUT2D eigenvalue weighted by molar-refractivity contribution is 6.30. The Bertz CT molecular complexity index is 481. The van der Waals surface area contributed by atoms with E-state index in [1.54, 1.807) is 0 Å². The van der Waals surface area contributed by atoms with Crippen LogP contribution < -0.4 is 5.56 Å². The Kier molecular flexibility index (Phi) is 3.95. The summed E-state index contributed by atoms with van der Waals surface area (Å²) in [5.41, 5.74) is 0.179. The van der Waals surface area contributed by atoms with Crippen LogP contribution in [0.5, 0.6) is 0 Å². The quantitative estimate of drug-likeness (QED) is 0.572. The average Bonchev–Trinajstić information content (AvgIpc) is 2.23. The highest BCUT2D eigenvalue weighted by Gasteiger charge is 1.96. The van der Waals surface area contributed by atoms with Gasteiger partial charge >= 0.3 is 5.97 Å². The largest absolute Gasteiger partial charge is 0.468 e. The third-order valence-corrected chi connectivity index (χ3v) is 1.83. The van der Waals surface area contributed by atoms with Crippen molar-refractivity contribution in [1.82, 2.24) is 4.98 Å². The summed E-state index contributed by atoms with van der Waals surface area (Å²) in [7, 11) is 1.29. The van der Waals surface area contributed by atoms with Crippen molar-refractivity contribution in [2.45, 2.75) is 6.42 Å². The van der Waals surface area contributed by atoms with Crippen LogP contribution in [0.3, 0.4) is 0 Å². The van der Waals surface area contributed by atoms with Crippen molar-refractivity contribution in [3.8, 4) is 11.8 Å². The molecule has 1 N–H and O–H groups in total. The van der Waals surface area contributed by atoms with Crippen LogP contribution in [0.4, 0.5) is 0 Å². The van der Waals surface area contributed by atoms with E-state index in [0.717, 1.165) is 0 Å². The van der Waals surface area contributed by atoms with E-state index < -0.39 is 5.97 Å². The molecule has 0 saturated heterocycles. The number of halogens is 1. The molecule has 0 saturated carbocycles. The lowest BCUT2D eigenvalue weighted by molar-refractivity contribution is -0.139. The SMILES string of the molecule is COC(=O)CC#Cc1c[nH]c(=O)c(Cl)c1. The van der Waals surface area contributed by atoms with Gasteiger partial charge in [0.1, 0.15) is 11.4 Å². The maximum atomic E-state index is 10.9. The molecular formula is C10H8ClNO3. The fourth-order valence-corrected chi connectivity index (χ4v) is 0.991. The minimum Gasteiger partial charge on any atom is -0.468 e. The van der Waals surface area contributed by atoms with E-state index in [0.29, 0.717) is 5.56 Å². The van der Waals surface area contributed by atoms with Gasteiger partial charge in [0.2, 0.25) is 0 Å². The molecule has 1 heterocycles. The van der Waals surface area contributed by atoms with Gasteiger partial charge in [0.25, 0.3) is 5.56 Å². The molecule has 0 aliphatic carbocycles. The maximum absolute atomic E-state index is 10.9. The normalized spacial score (nSPS) is 8.93. The number of pyridine rings is 1. The number of hydrogen-bond donors (Lipinski definition) is 1. The van der Waals surface area contributed by atoms with E-state index >= 15 is 0 Å². The molecular weight excluding hydrogens is 218 g/mol. The Labute approximate surface area is 91.2 Å². The molecule has 0 radical (unpaired) electrons. The summed E-state index contributed by atoms with van der Waals surface area (Å²) in [6.45, 7) is 0. The van der Waals surface area contributed by atoms with Crippen LogP contribution in [0.1, 0.15) is 12.0 Å². The first-order chi connectivity index (χ1) is 7.13. The number of methoxy groups -OCH3 is 1. The first-order valence-electron chi connectivity index (χ1n) is 4.07. The molecule has 0 aliphatic heterocycles. The van der Waals surface area contributed by atoms with Crippen molar-refractivity contribution in [1.29, 1.82) is 0 Å². The molecule has 0 spiro atoms. The summed E-state index contributed by atoms with van der Waals surface area (Å²) in [4.78, 5) is 24.0. The maximum Gasteiger partial charge on any atom is 0.317 e. The lowest BCUT2D eigenvalue weighted by Gasteiger charge is -1.91.